The number of benzene rings is 1. The highest BCUT2D eigenvalue weighted by atomic mass is 19.1. The number of hydrogen-bond donors (Lipinski definition) is 2. The molecule has 1 aromatic heterocycles. The molecule has 2 aromatic rings. The molecular formula is C15H19F2N5. The molecule has 1 heterocycles. The third-order valence-electron chi connectivity index (χ3n) is 2.94. The van der Waals surface area contributed by atoms with Gasteiger partial charge in [0.05, 0.1) is 0 Å². The molecule has 0 atom stereocenters. The van der Waals surface area contributed by atoms with Gasteiger partial charge in [-0.3, -0.25) is 0 Å². The average Bonchev–Trinajstić information content (AvgIpc) is 2.48. The smallest absolute Gasteiger partial charge is 0.224 e. The van der Waals surface area contributed by atoms with Crippen LogP contribution in [0.5, 0.6) is 0 Å². The number of anilines is 3. The van der Waals surface area contributed by atoms with Gasteiger partial charge in [0.15, 0.2) is 0 Å². The van der Waals surface area contributed by atoms with Crippen molar-refractivity contribution in [1.29, 1.82) is 0 Å². The van der Waals surface area contributed by atoms with Crippen LogP contribution < -0.4 is 10.6 Å². The summed E-state index contributed by atoms with van der Waals surface area (Å²) in [5.41, 5.74) is -0.222. The molecule has 0 amide bonds. The molecule has 0 radical (unpaired) electrons. The summed E-state index contributed by atoms with van der Waals surface area (Å²) in [6.07, 6.45) is 2.47. The van der Waals surface area contributed by atoms with Crippen molar-refractivity contribution in [2.75, 3.05) is 37.8 Å². The number of halogens is 2. The minimum Gasteiger partial charge on any atom is -0.354 e. The summed E-state index contributed by atoms with van der Waals surface area (Å²) >= 11 is 0. The van der Waals surface area contributed by atoms with Gasteiger partial charge in [-0.2, -0.15) is 4.98 Å². The Morgan fingerprint density at radius 2 is 1.86 bits per heavy atom. The van der Waals surface area contributed by atoms with Crippen molar-refractivity contribution in [3.63, 3.8) is 0 Å². The summed E-state index contributed by atoms with van der Waals surface area (Å²) in [6, 6.07) is 5.24. The van der Waals surface area contributed by atoms with Gasteiger partial charge < -0.3 is 15.5 Å². The zero-order valence-corrected chi connectivity index (χ0v) is 12.6. The maximum atomic E-state index is 13.6. The van der Waals surface area contributed by atoms with Gasteiger partial charge >= 0.3 is 0 Å². The fraction of sp³-hybridized carbons (Fsp3) is 0.333. The van der Waals surface area contributed by atoms with Gasteiger partial charge in [-0.15, -0.1) is 0 Å². The Labute approximate surface area is 128 Å². The number of nitrogens with one attached hydrogen (secondary N) is 2. The lowest BCUT2D eigenvalue weighted by Crippen LogP contribution is -2.17. The van der Waals surface area contributed by atoms with Crippen molar-refractivity contribution >= 4 is 17.5 Å². The molecule has 0 saturated carbocycles. The number of nitrogens with zero attached hydrogens (tertiary/aromatic N) is 3. The molecule has 22 heavy (non-hydrogen) atoms. The molecule has 0 spiro atoms. The fourth-order valence-electron chi connectivity index (χ4n) is 1.85. The first-order valence-corrected chi connectivity index (χ1v) is 6.99. The quantitative estimate of drug-likeness (QED) is 0.770. The second-order valence-corrected chi connectivity index (χ2v) is 5.07. The van der Waals surface area contributed by atoms with Crippen LogP contribution in [0.1, 0.15) is 6.42 Å². The van der Waals surface area contributed by atoms with Gasteiger partial charge in [-0.25, -0.2) is 13.8 Å². The predicted molar refractivity (Wildman–Crippen MR) is 83.3 cm³/mol. The van der Waals surface area contributed by atoms with E-state index in [1.165, 1.54) is 24.4 Å². The molecular weight excluding hydrogens is 288 g/mol. The topological polar surface area (TPSA) is 53.1 Å². The lowest BCUT2D eigenvalue weighted by molar-refractivity contribution is 0.405. The largest absolute Gasteiger partial charge is 0.354 e. The SMILES string of the molecule is CN(C)CCCNc1nccc(Nc2c(F)cccc2F)n1. The van der Waals surface area contributed by atoms with Crippen LogP contribution in [0.15, 0.2) is 30.5 Å². The molecule has 0 unspecified atom stereocenters. The molecule has 2 rings (SSSR count). The number of hydrogen-bond acceptors (Lipinski definition) is 5. The van der Waals surface area contributed by atoms with Crippen molar-refractivity contribution in [3.05, 3.63) is 42.1 Å². The molecule has 118 valence electrons. The molecule has 2 N–H and O–H groups in total. The molecule has 5 nitrogen and oxygen atoms in total. The Hall–Kier alpha value is -2.28. The molecule has 7 heteroatoms. The van der Waals surface area contributed by atoms with Crippen molar-refractivity contribution in [2.24, 2.45) is 0 Å². The predicted octanol–water partition coefficient (Wildman–Crippen LogP) is 2.86. The summed E-state index contributed by atoms with van der Waals surface area (Å²) in [4.78, 5) is 10.4. The second kappa shape index (κ2) is 7.65. The van der Waals surface area contributed by atoms with E-state index in [1.807, 2.05) is 14.1 Å². The Morgan fingerprint density at radius 1 is 1.14 bits per heavy atom. The van der Waals surface area contributed by atoms with Crippen LogP contribution >= 0.6 is 0 Å². The highest BCUT2D eigenvalue weighted by Crippen LogP contribution is 2.22. The summed E-state index contributed by atoms with van der Waals surface area (Å²) in [7, 11) is 4.01. The summed E-state index contributed by atoms with van der Waals surface area (Å²) in [5.74, 6) is -0.590. The number of para-hydroxylation sites is 1. The lowest BCUT2D eigenvalue weighted by Gasteiger charge is -2.11. The molecule has 0 aliphatic heterocycles. The van der Waals surface area contributed by atoms with E-state index in [2.05, 4.69) is 25.5 Å². The van der Waals surface area contributed by atoms with E-state index >= 15 is 0 Å². The normalized spacial score (nSPS) is 10.8. The average molecular weight is 307 g/mol. The Kier molecular flexibility index (Phi) is 5.60. The number of aromatic nitrogens is 2. The van der Waals surface area contributed by atoms with E-state index in [4.69, 9.17) is 0 Å². The van der Waals surface area contributed by atoms with Crippen LogP contribution in [0.3, 0.4) is 0 Å². The minimum atomic E-state index is -0.667. The highest BCUT2D eigenvalue weighted by molar-refractivity contribution is 5.58. The standard InChI is InChI=1S/C15H19F2N5/c1-22(2)10-4-8-18-15-19-9-7-13(21-15)20-14-11(16)5-3-6-12(14)17/h3,5-7,9H,4,8,10H2,1-2H3,(H2,18,19,20,21). The Morgan fingerprint density at radius 3 is 2.55 bits per heavy atom. The van der Waals surface area contributed by atoms with Gasteiger partial charge in [0.2, 0.25) is 5.95 Å². The third-order valence-corrected chi connectivity index (χ3v) is 2.94. The van der Waals surface area contributed by atoms with Crippen molar-refractivity contribution in [1.82, 2.24) is 14.9 Å². The van der Waals surface area contributed by atoms with E-state index < -0.39 is 11.6 Å². The van der Waals surface area contributed by atoms with Gasteiger partial charge in [-0.1, -0.05) is 6.07 Å². The van der Waals surface area contributed by atoms with E-state index in [0.29, 0.717) is 11.8 Å². The molecule has 0 bridgehead atoms. The zero-order chi connectivity index (χ0) is 15.9. The molecule has 0 saturated heterocycles. The maximum Gasteiger partial charge on any atom is 0.224 e. The summed E-state index contributed by atoms with van der Waals surface area (Å²) in [5, 5.41) is 5.72. The van der Waals surface area contributed by atoms with Crippen molar-refractivity contribution < 1.29 is 8.78 Å². The first-order chi connectivity index (χ1) is 10.6. The summed E-state index contributed by atoms with van der Waals surface area (Å²) < 4.78 is 27.2. The molecule has 1 aromatic carbocycles. The van der Waals surface area contributed by atoms with Crippen LogP contribution in [-0.2, 0) is 0 Å². The molecule has 0 aliphatic carbocycles. The van der Waals surface area contributed by atoms with E-state index in [-0.39, 0.29) is 5.69 Å². The van der Waals surface area contributed by atoms with Crippen molar-refractivity contribution in [2.45, 2.75) is 6.42 Å². The van der Waals surface area contributed by atoms with Gasteiger partial charge in [0.1, 0.15) is 23.1 Å². The van der Waals surface area contributed by atoms with Gasteiger partial charge in [-0.05, 0) is 45.3 Å². The van der Waals surface area contributed by atoms with Gasteiger partial charge in [0, 0.05) is 12.7 Å². The Bertz CT molecular complexity index is 598. The van der Waals surface area contributed by atoms with Crippen LogP contribution in [0.25, 0.3) is 0 Å². The molecule has 0 aliphatic rings. The van der Waals surface area contributed by atoms with E-state index in [0.717, 1.165) is 19.5 Å². The van der Waals surface area contributed by atoms with Crippen LogP contribution in [0.4, 0.5) is 26.2 Å². The van der Waals surface area contributed by atoms with Crippen LogP contribution in [0.2, 0.25) is 0 Å². The lowest BCUT2D eigenvalue weighted by atomic mass is 10.3. The number of rotatable bonds is 7. The van der Waals surface area contributed by atoms with Crippen molar-refractivity contribution in [3.8, 4) is 0 Å². The molecule has 0 fully saturated rings. The minimum absolute atomic E-state index is 0.222. The zero-order valence-electron chi connectivity index (χ0n) is 12.6. The van der Waals surface area contributed by atoms with E-state index in [1.54, 1.807) is 6.07 Å². The van der Waals surface area contributed by atoms with Crippen LogP contribution in [-0.4, -0.2) is 42.1 Å². The highest BCUT2D eigenvalue weighted by Gasteiger charge is 2.09. The van der Waals surface area contributed by atoms with Crippen LogP contribution in [0, 0.1) is 11.6 Å². The second-order valence-electron chi connectivity index (χ2n) is 5.07. The summed E-state index contributed by atoms with van der Waals surface area (Å²) in [6.45, 7) is 1.67. The van der Waals surface area contributed by atoms with Gasteiger partial charge in [0.25, 0.3) is 0 Å². The third kappa shape index (κ3) is 4.63. The first kappa shape index (κ1) is 16.1. The van der Waals surface area contributed by atoms with E-state index in [9.17, 15) is 8.78 Å². The monoisotopic (exact) mass is 307 g/mol. The fourth-order valence-corrected chi connectivity index (χ4v) is 1.85. The first-order valence-electron chi connectivity index (χ1n) is 6.99. The maximum absolute atomic E-state index is 13.6. The Balaban J connectivity index is 1.99.